The van der Waals surface area contributed by atoms with Crippen LogP contribution >= 0.6 is 11.3 Å². The minimum absolute atomic E-state index is 0.275. The van der Waals surface area contributed by atoms with Gasteiger partial charge in [-0.15, -0.1) is 11.3 Å². The standard InChI is InChI=1S/C18H24N2S/c1-4-19-17(18-12(2)20-13(3)21-18)16-10-8-15(9-11-16)14-6-5-7-14/h8-11,14,17,19H,4-7H2,1-3H3. The summed E-state index contributed by atoms with van der Waals surface area (Å²) < 4.78 is 0. The predicted molar refractivity (Wildman–Crippen MR) is 90.1 cm³/mol. The van der Waals surface area contributed by atoms with Crippen LogP contribution in [0.3, 0.4) is 0 Å². The summed E-state index contributed by atoms with van der Waals surface area (Å²) in [5, 5.41) is 4.77. The number of rotatable bonds is 5. The predicted octanol–water partition coefficient (Wildman–Crippen LogP) is 4.73. The van der Waals surface area contributed by atoms with Gasteiger partial charge in [0, 0.05) is 4.88 Å². The van der Waals surface area contributed by atoms with Gasteiger partial charge in [0.2, 0.25) is 0 Å². The van der Waals surface area contributed by atoms with Crippen molar-refractivity contribution in [3.63, 3.8) is 0 Å². The van der Waals surface area contributed by atoms with Gasteiger partial charge in [-0.25, -0.2) is 4.98 Å². The summed E-state index contributed by atoms with van der Waals surface area (Å²) in [5.74, 6) is 0.809. The summed E-state index contributed by atoms with van der Waals surface area (Å²) in [5.41, 5.74) is 4.02. The van der Waals surface area contributed by atoms with E-state index in [-0.39, 0.29) is 6.04 Å². The first-order valence-electron chi connectivity index (χ1n) is 7.96. The van der Waals surface area contributed by atoms with Gasteiger partial charge in [0.05, 0.1) is 16.7 Å². The second kappa shape index (κ2) is 6.29. The summed E-state index contributed by atoms with van der Waals surface area (Å²) in [6.07, 6.45) is 4.12. The monoisotopic (exact) mass is 300 g/mol. The lowest BCUT2D eigenvalue weighted by molar-refractivity contribution is 0.419. The van der Waals surface area contributed by atoms with E-state index in [1.807, 2.05) is 11.3 Å². The van der Waals surface area contributed by atoms with Gasteiger partial charge in [0.25, 0.3) is 0 Å². The van der Waals surface area contributed by atoms with E-state index in [1.165, 1.54) is 35.3 Å². The molecule has 1 aromatic carbocycles. The Morgan fingerprint density at radius 1 is 1.24 bits per heavy atom. The van der Waals surface area contributed by atoms with Crippen molar-refractivity contribution < 1.29 is 0 Å². The Morgan fingerprint density at radius 3 is 2.43 bits per heavy atom. The number of nitrogens with zero attached hydrogens (tertiary/aromatic N) is 1. The number of nitrogens with one attached hydrogen (secondary N) is 1. The summed E-state index contributed by atoms with van der Waals surface area (Å²) >= 11 is 1.81. The maximum Gasteiger partial charge on any atom is 0.0900 e. The highest BCUT2D eigenvalue weighted by atomic mass is 32.1. The molecule has 0 saturated heterocycles. The molecule has 1 aromatic heterocycles. The molecule has 1 atom stereocenters. The first-order chi connectivity index (χ1) is 10.2. The molecule has 1 fully saturated rings. The molecule has 1 heterocycles. The molecule has 0 spiro atoms. The van der Waals surface area contributed by atoms with Crippen LogP contribution in [0.15, 0.2) is 24.3 Å². The van der Waals surface area contributed by atoms with E-state index in [9.17, 15) is 0 Å². The van der Waals surface area contributed by atoms with Crippen molar-refractivity contribution in [1.29, 1.82) is 0 Å². The van der Waals surface area contributed by atoms with Crippen LogP contribution in [0.25, 0.3) is 0 Å². The van der Waals surface area contributed by atoms with Crippen LogP contribution in [0.5, 0.6) is 0 Å². The molecule has 3 rings (SSSR count). The van der Waals surface area contributed by atoms with Crippen molar-refractivity contribution >= 4 is 11.3 Å². The lowest BCUT2D eigenvalue weighted by Gasteiger charge is -2.26. The van der Waals surface area contributed by atoms with Crippen molar-refractivity contribution in [2.45, 2.75) is 52.0 Å². The van der Waals surface area contributed by atoms with Crippen molar-refractivity contribution in [2.75, 3.05) is 6.54 Å². The molecule has 2 nitrogen and oxygen atoms in total. The van der Waals surface area contributed by atoms with E-state index in [4.69, 9.17) is 0 Å². The molecule has 1 aliphatic carbocycles. The van der Waals surface area contributed by atoms with Crippen LogP contribution in [0.4, 0.5) is 0 Å². The normalized spacial score (nSPS) is 16.7. The van der Waals surface area contributed by atoms with E-state index < -0.39 is 0 Å². The second-order valence-corrected chi connectivity index (χ2v) is 7.20. The Balaban J connectivity index is 1.87. The van der Waals surface area contributed by atoms with Crippen molar-refractivity contribution in [3.05, 3.63) is 51.0 Å². The third kappa shape index (κ3) is 3.04. The Labute approximate surface area is 131 Å². The highest BCUT2D eigenvalue weighted by Crippen LogP contribution is 2.37. The molecule has 21 heavy (non-hydrogen) atoms. The fourth-order valence-electron chi connectivity index (χ4n) is 3.08. The highest BCUT2D eigenvalue weighted by Gasteiger charge is 2.21. The lowest BCUT2D eigenvalue weighted by Crippen LogP contribution is -2.22. The van der Waals surface area contributed by atoms with Gasteiger partial charge in [-0.3, -0.25) is 0 Å². The Morgan fingerprint density at radius 2 is 1.95 bits per heavy atom. The summed E-state index contributed by atoms with van der Waals surface area (Å²) in [6, 6.07) is 9.53. The van der Waals surface area contributed by atoms with E-state index in [1.54, 1.807) is 0 Å². The first kappa shape index (κ1) is 14.7. The molecule has 1 aliphatic rings. The molecule has 0 radical (unpaired) electrons. The largest absolute Gasteiger partial charge is 0.306 e. The average molecular weight is 300 g/mol. The van der Waals surface area contributed by atoms with Crippen molar-refractivity contribution in [1.82, 2.24) is 10.3 Å². The van der Waals surface area contributed by atoms with Gasteiger partial charge in [0.1, 0.15) is 0 Å². The van der Waals surface area contributed by atoms with Gasteiger partial charge < -0.3 is 5.32 Å². The van der Waals surface area contributed by atoms with Crippen molar-refractivity contribution in [2.24, 2.45) is 0 Å². The SMILES string of the molecule is CCNC(c1ccc(C2CCC2)cc1)c1sc(C)nc1C. The summed E-state index contributed by atoms with van der Waals surface area (Å²) in [6.45, 7) is 7.33. The third-order valence-corrected chi connectivity index (χ3v) is 5.59. The summed E-state index contributed by atoms with van der Waals surface area (Å²) in [4.78, 5) is 5.94. The second-order valence-electron chi connectivity index (χ2n) is 5.97. The van der Waals surface area contributed by atoms with E-state index in [2.05, 4.69) is 55.3 Å². The van der Waals surface area contributed by atoms with Crippen LogP contribution < -0.4 is 5.32 Å². The Hall–Kier alpha value is -1.19. The number of thiazole rings is 1. The maximum absolute atomic E-state index is 4.59. The van der Waals surface area contributed by atoms with Gasteiger partial charge in [-0.05, 0) is 50.3 Å². The van der Waals surface area contributed by atoms with Gasteiger partial charge in [-0.2, -0.15) is 0 Å². The topological polar surface area (TPSA) is 24.9 Å². The molecule has 3 heteroatoms. The molecular formula is C18H24N2S. The first-order valence-corrected chi connectivity index (χ1v) is 8.78. The number of aromatic nitrogens is 1. The molecule has 0 aliphatic heterocycles. The molecule has 2 aromatic rings. The van der Waals surface area contributed by atoms with E-state index in [0.29, 0.717) is 0 Å². The number of hydrogen-bond acceptors (Lipinski definition) is 3. The fourth-order valence-corrected chi connectivity index (χ4v) is 4.11. The molecule has 1 N–H and O–H groups in total. The third-order valence-electron chi connectivity index (χ3n) is 4.46. The quantitative estimate of drug-likeness (QED) is 0.863. The lowest BCUT2D eigenvalue weighted by atomic mass is 9.80. The molecule has 1 saturated carbocycles. The molecule has 112 valence electrons. The number of aryl methyl sites for hydroxylation is 2. The van der Waals surface area contributed by atoms with E-state index in [0.717, 1.165) is 23.2 Å². The number of benzene rings is 1. The van der Waals surface area contributed by atoms with Crippen LogP contribution in [-0.2, 0) is 0 Å². The Kier molecular flexibility index (Phi) is 4.41. The van der Waals surface area contributed by atoms with Crippen LogP contribution in [0.1, 0.15) is 64.9 Å². The van der Waals surface area contributed by atoms with Crippen molar-refractivity contribution in [3.8, 4) is 0 Å². The number of hydrogen-bond donors (Lipinski definition) is 1. The van der Waals surface area contributed by atoms with Crippen LogP contribution in [0, 0.1) is 13.8 Å². The zero-order valence-corrected chi connectivity index (χ0v) is 14.0. The molecule has 1 unspecified atom stereocenters. The Bertz CT molecular complexity index is 596. The zero-order valence-electron chi connectivity index (χ0n) is 13.1. The average Bonchev–Trinajstić information content (AvgIpc) is 2.74. The zero-order chi connectivity index (χ0) is 14.8. The van der Waals surface area contributed by atoms with Gasteiger partial charge >= 0.3 is 0 Å². The minimum Gasteiger partial charge on any atom is -0.306 e. The molecule has 0 bridgehead atoms. The van der Waals surface area contributed by atoms with E-state index >= 15 is 0 Å². The van der Waals surface area contributed by atoms with Crippen LogP contribution in [0.2, 0.25) is 0 Å². The summed E-state index contributed by atoms with van der Waals surface area (Å²) in [7, 11) is 0. The maximum atomic E-state index is 4.59. The smallest absolute Gasteiger partial charge is 0.0900 e. The molecule has 0 amide bonds. The molecular weight excluding hydrogens is 276 g/mol. The minimum atomic E-state index is 0.275. The highest BCUT2D eigenvalue weighted by molar-refractivity contribution is 7.11. The van der Waals surface area contributed by atoms with Gasteiger partial charge in [-0.1, -0.05) is 37.6 Å². The van der Waals surface area contributed by atoms with Gasteiger partial charge in [0.15, 0.2) is 0 Å². The fraction of sp³-hybridized carbons (Fsp3) is 0.500. The van der Waals surface area contributed by atoms with Crippen LogP contribution in [-0.4, -0.2) is 11.5 Å².